The zero-order valence-electron chi connectivity index (χ0n) is 11.9. The van der Waals surface area contributed by atoms with E-state index in [2.05, 4.69) is 21.2 Å². The van der Waals surface area contributed by atoms with Gasteiger partial charge in [-0.05, 0) is 51.6 Å². The van der Waals surface area contributed by atoms with Gasteiger partial charge in [0.05, 0.1) is 17.0 Å². The highest BCUT2D eigenvalue weighted by Crippen LogP contribution is 2.22. The Balaban J connectivity index is 1.65. The van der Waals surface area contributed by atoms with Crippen LogP contribution in [0.4, 0.5) is 0 Å². The van der Waals surface area contributed by atoms with Crippen LogP contribution in [-0.4, -0.2) is 11.7 Å². The van der Waals surface area contributed by atoms with Crippen LogP contribution < -0.4 is 5.32 Å². The predicted octanol–water partition coefficient (Wildman–Crippen LogP) is 4.73. The molecule has 0 aliphatic carbocycles. The Morgan fingerprint density at radius 3 is 2.65 bits per heavy atom. The molecule has 0 bridgehead atoms. The van der Waals surface area contributed by atoms with Gasteiger partial charge >= 0.3 is 0 Å². The maximum Gasteiger partial charge on any atom is 0.252 e. The van der Waals surface area contributed by atoms with E-state index in [9.17, 15) is 9.59 Å². The fourth-order valence-corrected chi connectivity index (χ4v) is 4.05. The Bertz CT molecular complexity index is 840. The van der Waals surface area contributed by atoms with Crippen molar-refractivity contribution in [3.05, 3.63) is 78.6 Å². The summed E-state index contributed by atoms with van der Waals surface area (Å²) in [6.07, 6.45) is 0. The number of hydrogen-bond donors (Lipinski definition) is 1. The van der Waals surface area contributed by atoms with Crippen molar-refractivity contribution in [3.8, 4) is 0 Å². The summed E-state index contributed by atoms with van der Waals surface area (Å²) >= 11 is 6.28. The first-order chi connectivity index (χ1) is 11.1. The monoisotopic (exact) mass is 405 g/mol. The summed E-state index contributed by atoms with van der Waals surface area (Å²) in [4.78, 5) is 26.0. The number of benzene rings is 1. The Morgan fingerprint density at radius 2 is 1.91 bits per heavy atom. The molecule has 0 unspecified atom stereocenters. The van der Waals surface area contributed by atoms with Crippen molar-refractivity contribution in [1.29, 1.82) is 0 Å². The summed E-state index contributed by atoms with van der Waals surface area (Å²) in [5.41, 5.74) is 1.30. The molecule has 0 atom stereocenters. The lowest BCUT2D eigenvalue weighted by Gasteiger charge is -2.05. The molecule has 23 heavy (non-hydrogen) atoms. The third-order valence-electron chi connectivity index (χ3n) is 3.21. The Labute approximate surface area is 150 Å². The first-order valence-corrected chi connectivity index (χ1v) is 9.39. The molecular formula is C17H12BrNO2S2. The normalized spacial score (nSPS) is 10.5. The lowest BCUT2D eigenvalue weighted by Crippen LogP contribution is -2.22. The van der Waals surface area contributed by atoms with E-state index < -0.39 is 0 Å². The molecule has 3 aromatic rings. The minimum absolute atomic E-state index is 0.0274. The molecule has 2 heterocycles. The highest BCUT2D eigenvalue weighted by atomic mass is 79.9. The van der Waals surface area contributed by atoms with Gasteiger partial charge in [0.15, 0.2) is 0 Å². The Hall–Kier alpha value is -1.76. The molecular weight excluding hydrogens is 394 g/mol. The smallest absolute Gasteiger partial charge is 0.252 e. The van der Waals surface area contributed by atoms with Gasteiger partial charge in [-0.25, -0.2) is 0 Å². The summed E-state index contributed by atoms with van der Waals surface area (Å²) in [7, 11) is 0. The number of ketones is 1. The molecule has 0 aliphatic heterocycles. The van der Waals surface area contributed by atoms with E-state index >= 15 is 0 Å². The van der Waals surface area contributed by atoms with Gasteiger partial charge in [-0.2, -0.15) is 11.3 Å². The minimum atomic E-state index is -0.142. The van der Waals surface area contributed by atoms with E-state index in [0.29, 0.717) is 22.5 Å². The highest BCUT2D eigenvalue weighted by molar-refractivity contribution is 9.10. The number of carbonyl (C=O) groups is 2. The quantitative estimate of drug-likeness (QED) is 0.623. The number of carbonyl (C=O) groups excluding carboxylic acids is 2. The molecule has 1 N–H and O–H groups in total. The molecule has 0 radical (unpaired) electrons. The first-order valence-electron chi connectivity index (χ1n) is 6.83. The zero-order chi connectivity index (χ0) is 16.2. The van der Waals surface area contributed by atoms with Gasteiger partial charge in [0.2, 0.25) is 5.78 Å². The number of amides is 1. The molecule has 6 heteroatoms. The SMILES string of the molecule is O=C(c1ccsc1)c1ccc(CNC(=O)c2ccccc2Br)s1. The molecule has 0 spiro atoms. The zero-order valence-corrected chi connectivity index (χ0v) is 15.1. The molecule has 2 aromatic heterocycles. The molecule has 0 fully saturated rings. The van der Waals surface area contributed by atoms with Crippen molar-refractivity contribution in [1.82, 2.24) is 5.32 Å². The van der Waals surface area contributed by atoms with E-state index in [0.717, 1.165) is 9.35 Å². The van der Waals surface area contributed by atoms with Crippen LogP contribution in [0, 0.1) is 0 Å². The van der Waals surface area contributed by atoms with Crippen LogP contribution >= 0.6 is 38.6 Å². The number of thiophene rings is 2. The molecule has 3 nitrogen and oxygen atoms in total. The summed E-state index contributed by atoms with van der Waals surface area (Å²) < 4.78 is 0.761. The Kier molecular flexibility index (Phi) is 5.05. The summed E-state index contributed by atoms with van der Waals surface area (Å²) in [6, 6.07) is 12.8. The van der Waals surface area contributed by atoms with Crippen molar-refractivity contribution >= 4 is 50.3 Å². The van der Waals surface area contributed by atoms with Gasteiger partial charge in [-0.15, -0.1) is 11.3 Å². The lowest BCUT2D eigenvalue weighted by molar-refractivity contribution is 0.0950. The standard InChI is InChI=1S/C17H12BrNO2S2/c18-14-4-2-1-3-13(14)17(21)19-9-12-5-6-15(23-12)16(20)11-7-8-22-10-11/h1-8,10H,9H2,(H,19,21). The molecule has 3 rings (SSSR count). The van der Waals surface area contributed by atoms with Crippen molar-refractivity contribution in [3.63, 3.8) is 0 Å². The Morgan fingerprint density at radius 1 is 1.09 bits per heavy atom. The number of rotatable bonds is 5. The average Bonchev–Trinajstić information content (AvgIpc) is 3.24. The van der Waals surface area contributed by atoms with Gasteiger partial charge < -0.3 is 5.32 Å². The molecule has 116 valence electrons. The highest BCUT2D eigenvalue weighted by Gasteiger charge is 2.13. The van der Waals surface area contributed by atoms with Crippen LogP contribution in [0.5, 0.6) is 0 Å². The third-order valence-corrected chi connectivity index (χ3v) is 5.67. The number of halogens is 1. The van der Waals surface area contributed by atoms with E-state index in [1.54, 1.807) is 6.07 Å². The first kappa shape index (κ1) is 16.1. The van der Waals surface area contributed by atoms with Crippen molar-refractivity contribution in [2.24, 2.45) is 0 Å². The summed E-state index contributed by atoms with van der Waals surface area (Å²) in [5.74, 6) is -0.115. The van der Waals surface area contributed by atoms with E-state index in [4.69, 9.17) is 0 Å². The fourth-order valence-electron chi connectivity index (χ4n) is 2.04. The number of nitrogens with one attached hydrogen (secondary N) is 1. The second-order valence-corrected chi connectivity index (χ2v) is 7.57. The maximum absolute atomic E-state index is 12.2. The maximum atomic E-state index is 12.2. The van der Waals surface area contributed by atoms with Gasteiger partial charge in [0, 0.05) is 20.3 Å². The average molecular weight is 406 g/mol. The van der Waals surface area contributed by atoms with Crippen LogP contribution in [0.2, 0.25) is 0 Å². The van der Waals surface area contributed by atoms with Gasteiger partial charge in [0.25, 0.3) is 5.91 Å². The fraction of sp³-hybridized carbons (Fsp3) is 0.0588. The third kappa shape index (κ3) is 3.77. The van der Waals surface area contributed by atoms with Crippen LogP contribution in [-0.2, 0) is 6.54 Å². The van der Waals surface area contributed by atoms with Gasteiger partial charge in [0.1, 0.15) is 0 Å². The second kappa shape index (κ2) is 7.21. The molecule has 0 saturated heterocycles. The largest absolute Gasteiger partial charge is 0.347 e. The second-order valence-electron chi connectivity index (χ2n) is 4.77. The molecule has 1 amide bonds. The van der Waals surface area contributed by atoms with Crippen LogP contribution in [0.25, 0.3) is 0 Å². The van der Waals surface area contributed by atoms with Gasteiger partial charge in [-0.3, -0.25) is 9.59 Å². The van der Waals surface area contributed by atoms with E-state index in [1.807, 2.05) is 47.2 Å². The van der Waals surface area contributed by atoms with Crippen LogP contribution in [0.15, 0.2) is 57.7 Å². The van der Waals surface area contributed by atoms with Crippen LogP contribution in [0.1, 0.15) is 30.5 Å². The summed E-state index contributed by atoms with van der Waals surface area (Å²) in [6.45, 7) is 0.405. The van der Waals surface area contributed by atoms with Crippen molar-refractivity contribution in [2.75, 3.05) is 0 Å². The van der Waals surface area contributed by atoms with E-state index in [-0.39, 0.29) is 11.7 Å². The van der Waals surface area contributed by atoms with Crippen molar-refractivity contribution in [2.45, 2.75) is 6.54 Å². The van der Waals surface area contributed by atoms with Crippen LogP contribution in [0.3, 0.4) is 0 Å². The minimum Gasteiger partial charge on any atom is -0.347 e. The summed E-state index contributed by atoms with van der Waals surface area (Å²) in [5, 5.41) is 6.61. The molecule has 1 aromatic carbocycles. The lowest BCUT2D eigenvalue weighted by atomic mass is 10.2. The molecule has 0 aliphatic rings. The molecule has 0 saturated carbocycles. The topological polar surface area (TPSA) is 46.2 Å². The predicted molar refractivity (Wildman–Crippen MR) is 97.4 cm³/mol. The number of hydrogen-bond acceptors (Lipinski definition) is 4. The van der Waals surface area contributed by atoms with Gasteiger partial charge in [-0.1, -0.05) is 12.1 Å². The van der Waals surface area contributed by atoms with E-state index in [1.165, 1.54) is 22.7 Å². The van der Waals surface area contributed by atoms with Crippen molar-refractivity contribution < 1.29 is 9.59 Å².